The predicted octanol–water partition coefficient (Wildman–Crippen LogP) is 1.54. The zero-order valence-electron chi connectivity index (χ0n) is 11.7. The van der Waals surface area contributed by atoms with E-state index in [2.05, 4.69) is 21.4 Å². The topological polar surface area (TPSA) is 99.0 Å². The summed E-state index contributed by atoms with van der Waals surface area (Å²) in [7, 11) is 0. The highest BCUT2D eigenvalue weighted by Crippen LogP contribution is 2.26. The molecule has 0 unspecified atom stereocenters. The average Bonchev–Trinajstić information content (AvgIpc) is 2.85. The summed E-state index contributed by atoms with van der Waals surface area (Å²) < 4.78 is 0. The van der Waals surface area contributed by atoms with Crippen molar-refractivity contribution in [3.05, 3.63) is 22.9 Å². The zero-order valence-corrected chi connectivity index (χ0v) is 12.5. The minimum Gasteiger partial charge on any atom is -0.341 e. The van der Waals surface area contributed by atoms with Crippen LogP contribution >= 0.6 is 11.8 Å². The molecular formula is C14H13N5O2S. The fourth-order valence-electron chi connectivity index (χ4n) is 2.36. The van der Waals surface area contributed by atoms with E-state index in [0.717, 1.165) is 37.7 Å². The number of amides is 2. The summed E-state index contributed by atoms with van der Waals surface area (Å²) in [4.78, 5) is 33.7. The van der Waals surface area contributed by atoms with Gasteiger partial charge in [-0.1, -0.05) is 0 Å². The van der Waals surface area contributed by atoms with Gasteiger partial charge in [-0.25, -0.2) is 9.97 Å². The lowest BCUT2D eigenvalue weighted by Crippen LogP contribution is -2.34. The van der Waals surface area contributed by atoms with Gasteiger partial charge < -0.3 is 4.90 Å². The molecule has 1 aromatic heterocycles. The number of aromatic nitrogens is 2. The minimum absolute atomic E-state index is 0.103. The highest BCUT2D eigenvalue weighted by Gasteiger charge is 2.25. The van der Waals surface area contributed by atoms with E-state index in [0.29, 0.717) is 16.5 Å². The molecule has 0 aliphatic carbocycles. The number of imide groups is 1. The molecule has 0 radical (unpaired) electrons. The van der Waals surface area contributed by atoms with E-state index >= 15 is 0 Å². The van der Waals surface area contributed by atoms with Gasteiger partial charge in [-0.2, -0.15) is 5.26 Å². The monoisotopic (exact) mass is 315 g/mol. The van der Waals surface area contributed by atoms with Gasteiger partial charge in [0.1, 0.15) is 0 Å². The van der Waals surface area contributed by atoms with Crippen molar-refractivity contribution in [2.75, 3.05) is 18.0 Å². The maximum atomic E-state index is 11.5. The van der Waals surface area contributed by atoms with Crippen molar-refractivity contribution in [1.82, 2.24) is 15.3 Å². The number of rotatable bonds is 2. The fraction of sp³-hybridized carbons (Fsp3) is 0.357. The Bertz CT molecular complexity index is 689. The molecule has 0 bridgehead atoms. The van der Waals surface area contributed by atoms with Gasteiger partial charge in [-0.05, 0) is 36.7 Å². The average molecular weight is 315 g/mol. The molecule has 0 saturated carbocycles. The van der Waals surface area contributed by atoms with E-state index in [1.165, 1.54) is 0 Å². The highest BCUT2D eigenvalue weighted by atomic mass is 32.2. The van der Waals surface area contributed by atoms with Gasteiger partial charge in [0, 0.05) is 25.2 Å². The smallest absolute Gasteiger partial charge is 0.290 e. The molecule has 2 aliphatic heterocycles. The molecule has 2 saturated heterocycles. The normalized spacial score (nSPS) is 21.0. The Morgan fingerprint density at radius 3 is 2.82 bits per heavy atom. The van der Waals surface area contributed by atoms with Crippen molar-refractivity contribution < 1.29 is 9.59 Å². The molecule has 0 atom stereocenters. The molecule has 112 valence electrons. The second kappa shape index (κ2) is 6.15. The molecule has 2 fully saturated rings. The third-order valence-corrected chi connectivity index (χ3v) is 4.36. The summed E-state index contributed by atoms with van der Waals surface area (Å²) >= 11 is 0.865. The van der Waals surface area contributed by atoms with Crippen LogP contribution in [0.1, 0.15) is 18.5 Å². The van der Waals surface area contributed by atoms with Crippen molar-refractivity contribution >= 4 is 34.9 Å². The van der Waals surface area contributed by atoms with Crippen LogP contribution in [0, 0.1) is 17.2 Å². The fourth-order valence-corrected chi connectivity index (χ4v) is 3.03. The Kier molecular flexibility index (Phi) is 4.06. The number of hydrogen-bond acceptors (Lipinski definition) is 7. The standard InChI is InChI=1S/C14H13N5O2S/c15-8-9-2-5-19(6-3-9)13-16-4-1-10(17-13)7-11-12(20)18-14(21)22-11/h1,4,7,9H,2-3,5-6H2,(H,18,20,21)/b11-7-. The van der Waals surface area contributed by atoms with Crippen molar-refractivity contribution in [3.63, 3.8) is 0 Å². The number of anilines is 1. The van der Waals surface area contributed by atoms with Crippen molar-refractivity contribution in [3.8, 4) is 6.07 Å². The first-order chi connectivity index (χ1) is 10.7. The summed E-state index contributed by atoms with van der Waals surface area (Å²) in [5, 5.41) is 10.8. The van der Waals surface area contributed by atoms with Crippen molar-refractivity contribution in [1.29, 1.82) is 5.26 Å². The van der Waals surface area contributed by atoms with Crippen LogP contribution in [0.2, 0.25) is 0 Å². The maximum absolute atomic E-state index is 11.5. The summed E-state index contributed by atoms with van der Waals surface area (Å²) in [5.74, 6) is 0.289. The van der Waals surface area contributed by atoms with Gasteiger partial charge in [-0.3, -0.25) is 14.9 Å². The van der Waals surface area contributed by atoms with Crippen LogP contribution in [-0.4, -0.2) is 34.2 Å². The summed E-state index contributed by atoms with van der Waals surface area (Å²) in [5.41, 5.74) is 0.583. The molecule has 3 rings (SSSR count). The Morgan fingerprint density at radius 2 is 2.18 bits per heavy atom. The van der Waals surface area contributed by atoms with Gasteiger partial charge in [0.15, 0.2) is 0 Å². The Morgan fingerprint density at radius 1 is 1.41 bits per heavy atom. The van der Waals surface area contributed by atoms with Crippen LogP contribution in [0.3, 0.4) is 0 Å². The number of carbonyl (C=O) groups is 2. The van der Waals surface area contributed by atoms with Crippen LogP contribution in [0.15, 0.2) is 17.2 Å². The van der Waals surface area contributed by atoms with E-state index in [9.17, 15) is 9.59 Å². The highest BCUT2D eigenvalue weighted by molar-refractivity contribution is 8.18. The Balaban J connectivity index is 1.76. The minimum atomic E-state index is -0.398. The van der Waals surface area contributed by atoms with Gasteiger partial charge >= 0.3 is 0 Å². The van der Waals surface area contributed by atoms with Crippen LogP contribution in [0.5, 0.6) is 0 Å². The van der Waals surface area contributed by atoms with Gasteiger partial charge in [0.2, 0.25) is 5.95 Å². The van der Waals surface area contributed by atoms with E-state index in [1.807, 2.05) is 4.90 Å². The van der Waals surface area contributed by atoms with Crippen molar-refractivity contribution in [2.24, 2.45) is 5.92 Å². The lowest BCUT2D eigenvalue weighted by molar-refractivity contribution is -0.115. The summed E-state index contributed by atoms with van der Waals surface area (Å²) in [6.45, 7) is 1.48. The first-order valence-electron chi connectivity index (χ1n) is 6.88. The second-order valence-corrected chi connectivity index (χ2v) is 6.04. The first kappa shape index (κ1) is 14.5. The molecule has 1 aromatic rings. The van der Waals surface area contributed by atoms with Crippen LogP contribution in [0.4, 0.5) is 10.7 Å². The molecule has 22 heavy (non-hydrogen) atoms. The number of thioether (sulfide) groups is 1. The molecule has 8 heteroatoms. The molecule has 0 aromatic carbocycles. The van der Waals surface area contributed by atoms with E-state index in [1.54, 1.807) is 18.3 Å². The van der Waals surface area contributed by atoms with Crippen LogP contribution in [0.25, 0.3) is 6.08 Å². The van der Waals surface area contributed by atoms with Crippen LogP contribution in [-0.2, 0) is 4.79 Å². The van der Waals surface area contributed by atoms with Crippen LogP contribution < -0.4 is 10.2 Å². The summed E-state index contributed by atoms with van der Waals surface area (Å²) in [6, 6.07) is 3.98. The zero-order chi connectivity index (χ0) is 15.5. The lowest BCUT2D eigenvalue weighted by Gasteiger charge is -2.29. The lowest BCUT2D eigenvalue weighted by atomic mass is 9.99. The molecule has 1 N–H and O–H groups in total. The quantitative estimate of drug-likeness (QED) is 0.826. The third-order valence-electron chi connectivity index (χ3n) is 3.55. The molecule has 3 heterocycles. The SMILES string of the molecule is N#CC1CCN(c2nccc(/C=C3\SC(=O)NC3=O)n2)CC1. The molecule has 7 nitrogen and oxygen atoms in total. The van der Waals surface area contributed by atoms with Gasteiger partial charge in [0.25, 0.3) is 11.1 Å². The molecular weight excluding hydrogens is 302 g/mol. The van der Waals surface area contributed by atoms with E-state index in [-0.39, 0.29) is 11.2 Å². The molecule has 0 spiro atoms. The molecule has 2 amide bonds. The number of hydrogen-bond donors (Lipinski definition) is 1. The maximum Gasteiger partial charge on any atom is 0.290 e. The first-order valence-corrected chi connectivity index (χ1v) is 7.70. The predicted molar refractivity (Wildman–Crippen MR) is 81.7 cm³/mol. The number of nitrogens with zero attached hydrogens (tertiary/aromatic N) is 4. The number of carbonyl (C=O) groups excluding carboxylic acids is 2. The number of nitriles is 1. The van der Waals surface area contributed by atoms with E-state index in [4.69, 9.17) is 5.26 Å². The Hall–Kier alpha value is -2.40. The second-order valence-electron chi connectivity index (χ2n) is 5.02. The molecule has 2 aliphatic rings. The van der Waals surface area contributed by atoms with Crippen molar-refractivity contribution in [2.45, 2.75) is 12.8 Å². The largest absolute Gasteiger partial charge is 0.341 e. The van der Waals surface area contributed by atoms with Gasteiger partial charge in [-0.15, -0.1) is 0 Å². The Labute approximate surface area is 131 Å². The van der Waals surface area contributed by atoms with Gasteiger partial charge in [0.05, 0.1) is 16.7 Å². The van der Waals surface area contributed by atoms with E-state index < -0.39 is 5.91 Å². The number of nitrogens with one attached hydrogen (secondary N) is 1. The summed E-state index contributed by atoms with van der Waals surface area (Å²) in [6.07, 6.45) is 4.82. The third kappa shape index (κ3) is 3.09. The number of piperidine rings is 1.